The van der Waals surface area contributed by atoms with Crippen molar-refractivity contribution in [3.63, 3.8) is 0 Å². The van der Waals surface area contributed by atoms with Crippen molar-refractivity contribution in [1.82, 2.24) is 0 Å². The molecule has 0 radical (unpaired) electrons. The molecule has 0 amide bonds. The predicted molar refractivity (Wildman–Crippen MR) is 62.9 cm³/mol. The van der Waals surface area contributed by atoms with E-state index in [9.17, 15) is 4.79 Å². The predicted octanol–water partition coefficient (Wildman–Crippen LogP) is 2.62. The average molecular weight is 241 g/mol. The molecule has 0 aromatic heterocycles. The van der Waals surface area contributed by atoms with Gasteiger partial charge in [0.15, 0.2) is 6.61 Å². The van der Waals surface area contributed by atoms with Gasteiger partial charge in [-0.2, -0.15) is 0 Å². The number of esters is 1. The minimum absolute atomic E-state index is 0.109. The molecule has 0 fully saturated rings. The summed E-state index contributed by atoms with van der Waals surface area (Å²) >= 11 is 5.86. The van der Waals surface area contributed by atoms with Gasteiger partial charge in [-0.15, -0.1) is 6.58 Å². The smallest absolute Gasteiger partial charge is 0.343 e. The number of ether oxygens (including phenoxy) is 2. The van der Waals surface area contributed by atoms with E-state index < -0.39 is 5.97 Å². The summed E-state index contributed by atoms with van der Waals surface area (Å²) in [4.78, 5) is 10.9. The first-order chi connectivity index (χ1) is 7.67. The van der Waals surface area contributed by atoms with E-state index in [1.54, 1.807) is 24.3 Å². The lowest BCUT2D eigenvalue weighted by Crippen LogP contribution is -2.13. The van der Waals surface area contributed by atoms with Crippen LogP contribution in [-0.2, 0) is 16.0 Å². The Bertz CT molecular complexity index is 388. The molecule has 0 aliphatic carbocycles. The van der Waals surface area contributed by atoms with Crippen LogP contribution in [0.25, 0.3) is 0 Å². The molecule has 0 saturated carbocycles. The fourth-order valence-electron chi connectivity index (χ4n) is 1.20. The molecule has 0 saturated heterocycles. The van der Waals surface area contributed by atoms with Crippen molar-refractivity contribution in [1.29, 1.82) is 0 Å². The van der Waals surface area contributed by atoms with E-state index in [-0.39, 0.29) is 6.61 Å². The first kappa shape index (κ1) is 12.6. The topological polar surface area (TPSA) is 35.5 Å². The first-order valence-electron chi connectivity index (χ1n) is 4.76. The van der Waals surface area contributed by atoms with E-state index >= 15 is 0 Å². The van der Waals surface area contributed by atoms with Crippen LogP contribution < -0.4 is 4.74 Å². The Labute approximate surface area is 99.6 Å². The molecule has 1 rings (SSSR count). The molecule has 4 heteroatoms. The molecular weight excluding hydrogens is 228 g/mol. The fraction of sp³-hybridized carbons (Fsp3) is 0.250. The van der Waals surface area contributed by atoms with Crippen LogP contribution in [0.1, 0.15) is 5.56 Å². The number of carbonyl (C=O) groups excluding carboxylic acids is 1. The summed E-state index contributed by atoms with van der Waals surface area (Å²) in [6.45, 7) is 3.54. The standard InChI is InChI=1S/C12H13ClO3/c1-3-4-9-7-10(13)5-6-11(9)16-8-12(14)15-2/h3,5-7H,1,4,8H2,2H3. The SMILES string of the molecule is C=CCc1cc(Cl)ccc1OCC(=O)OC. The van der Waals surface area contributed by atoms with E-state index in [1.165, 1.54) is 7.11 Å². The number of rotatable bonds is 5. The van der Waals surface area contributed by atoms with Gasteiger partial charge >= 0.3 is 5.97 Å². The molecule has 0 aliphatic heterocycles. The van der Waals surface area contributed by atoms with Crippen molar-refractivity contribution in [2.24, 2.45) is 0 Å². The number of benzene rings is 1. The van der Waals surface area contributed by atoms with Crippen LogP contribution in [0.2, 0.25) is 5.02 Å². The lowest BCUT2D eigenvalue weighted by Gasteiger charge is -2.09. The molecule has 0 atom stereocenters. The van der Waals surface area contributed by atoms with Gasteiger partial charge < -0.3 is 9.47 Å². The summed E-state index contributed by atoms with van der Waals surface area (Å²) < 4.78 is 9.80. The van der Waals surface area contributed by atoms with Gasteiger partial charge in [-0.3, -0.25) is 0 Å². The highest BCUT2D eigenvalue weighted by molar-refractivity contribution is 6.30. The Morgan fingerprint density at radius 1 is 1.56 bits per heavy atom. The molecule has 86 valence electrons. The fourth-order valence-corrected chi connectivity index (χ4v) is 1.39. The molecule has 1 aromatic rings. The van der Waals surface area contributed by atoms with Crippen LogP contribution in [0.5, 0.6) is 5.75 Å². The maximum absolute atomic E-state index is 10.9. The Morgan fingerprint density at radius 3 is 2.94 bits per heavy atom. The van der Waals surface area contributed by atoms with Crippen LogP contribution in [-0.4, -0.2) is 19.7 Å². The lowest BCUT2D eigenvalue weighted by molar-refractivity contribution is -0.142. The second-order valence-corrected chi connectivity index (χ2v) is 3.55. The third-order valence-corrected chi connectivity index (χ3v) is 2.20. The molecular formula is C12H13ClO3. The third-order valence-electron chi connectivity index (χ3n) is 1.96. The van der Waals surface area contributed by atoms with E-state index in [2.05, 4.69) is 11.3 Å². The number of halogens is 1. The molecule has 3 nitrogen and oxygen atoms in total. The first-order valence-corrected chi connectivity index (χ1v) is 5.14. The van der Waals surface area contributed by atoms with Gasteiger partial charge in [0.05, 0.1) is 7.11 Å². The van der Waals surface area contributed by atoms with Crippen LogP contribution in [0.4, 0.5) is 0 Å². The van der Waals surface area contributed by atoms with Crippen molar-refractivity contribution in [2.75, 3.05) is 13.7 Å². The van der Waals surface area contributed by atoms with Gasteiger partial charge in [-0.25, -0.2) is 4.79 Å². The van der Waals surface area contributed by atoms with Crippen molar-refractivity contribution < 1.29 is 14.3 Å². The Balaban J connectivity index is 2.77. The van der Waals surface area contributed by atoms with Crippen molar-refractivity contribution in [3.05, 3.63) is 41.4 Å². The summed E-state index contributed by atoms with van der Waals surface area (Å²) in [7, 11) is 1.32. The average Bonchev–Trinajstić information content (AvgIpc) is 2.28. The Morgan fingerprint density at radius 2 is 2.31 bits per heavy atom. The highest BCUT2D eigenvalue weighted by Crippen LogP contribution is 2.23. The lowest BCUT2D eigenvalue weighted by atomic mass is 10.1. The second-order valence-electron chi connectivity index (χ2n) is 3.11. The molecule has 0 spiro atoms. The minimum Gasteiger partial charge on any atom is -0.482 e. The summed E-state index contributed by atoms with van der Waals surface area (Å²) in [5.41, 5.74) is 0.895. The molecule has 0 N–H and O–H groups in total. The number of hydrogen-bond acceptors (Lipinski definition) is 3. The zero-order valence-corrected chi connectivity index (χ0v) is 9.79. The Hall–Kier alpha value is -1.48. The van der Waals surface area contributed by atoms with E-state index in [0.29, 0.717) is 17.2 Å². The molecule has 0 heterocycles. The summed E-state index contributed by atoms with van der Waals surface area (Å²) in [5, 5.41) is 0.627. The number of carbonyl (C=O) groups is 1. The number of hydrogen-bond donors (Lipinski definition) is 0. The van der Waals surface area contributed by atoms with Crippen molar-refractivity contribution in [2.45, 2.75) is 6.42 Å². The largest absolute Gasteiger partial charge is 0.482 e. The van der Waals surface area contributed by atoms with Crippen molar-refractivity contribution in [3.8, 4) is 5.75 Å². The molecule has 0 aliphatic rings. The maximum atomic E-state index is 10.9. The number of allylic oxidation sites excluding steroid dienone is 1. The highest BCUT2D eigenvalue weighted by atomic mass is 35.5. The quantitative estimate of drug-likeness (QED) is 0.586. The molecule has 0 unspecified atom stereocenters. The van der Waals surface area contributed by atoms with Crippen LogP contribution in [0.3, 0.4) is 0 Å². The molecule has 0 bridgehead atoms. The van der Waals surface area contributed by atoms with Crippen LogP contribution in [0, 0.1) is 0 Å². The monoisotopic (exact) mass is 240 g/mol. The maximum Gasteiger partial charge on any atom is 0.343 e. The van der Waals surface area contributed by atoms with Gasteiger partial charge in [0.2, 0.25) is 0 Å². The summed E-state index contributed by atoms with van der Waals surface area (Å²) in [5.74, 6) is 0.203. The normalized spacial score (nSPS) is 9.62. The number of methoxy groups -OCH3 is 1. The van der Waals surface area contributed by atoms with Gasteiger partial charge in [-0.1, -0.05) is 17.7 Å². The minimum atomic E-state index is -0.417. The van der Waals surface area contributed by atoms with E-state index in [0.717, 1.165) is 5.56 Å². The molecule has 1 aromatic carbocycles. The van der Waals surface area contributed by atoms with Crippen LogP contribution in [0.15, 0.2) is 30.9 Å². The van der Waals surface area contributed by atoms with E-state index in [4.69, 9.17) is 16.3 Å². The Kier molecular flexibility index (Phi) is 4.86. The zero-order chi connectivity index (χ0) is 12.0. The van der Waals surface area contributed by atoms with Gasteiger partial charge in [-0.05, 0) is 30.2 Å². The van der Waals surface area contributed by atoms with Gasteiger partial charge in [0.25, 0.3) is 0 Å². The summed E-state index contributed by atoms with van der Waals surface area (Å²) in [6, 6.07) is 5.22. The van der Waals surface area contributed by atoms with Gasteiger partial charge in [0.1, 0.15) is 5.75 Å². The van der Waals surface area contributed by atoms with E-state index in [1.807, 2.05) is 0 Å². The summed E-state index contributed by atoms with van der Waals surface area (Å²) in [6.07, 6.45) is 2.38. The van der Waals surface area contributed by atoms with Crippen molar-refractivity contribution >= 4 is 17.6 Å². The van der Waals surface area contributed by atoms with Crippen LogP contribution >= 0.6 is 11.6 Å². The second kappa shape index (κ2) is 6.18. The van der Waals surface area contributed by atoms with Gasteiger partial charge in [0, 0.05) is 5.02 Å². The molecule has 16 heavy (non-hydrogen) atoms. The highest BCUT2D eigenvalue weighted by Gasteiger charge is 2.06. The third kappa shape index (κ3) is 3.59. The zero-order valence-electron chi connectivity index (χ0n) is 9.03.